The Bertz CT molecular complexity index is 439. The van der Waals surface area contributed by atoms with E-state index >= 15 is 0 Å². The number of likely N-dealkylation sites (tertiary alicyclic amines) is 1. The summed E-state index contributed by atoms with van der Waals surface area (Å²) in [7, 11) is 2.01. The second-order valence-corrected chi connectivity index (χ2v) is 6.04. The molecule has 2 saturated heterocycles. The molecule has 1 aromatic rings. The van der Waals surface area contributed by atoms with Gasteiger partial charge >= 0.3 is 0 Å². The molecule has 3 heterocycles. The molecule has 18 heavy (non-hydrogen) atoms. The molecule has 2 aliphatic rings. The van der Waals surface area contributed by atoms with Gasteiger partial charge in [0.2, 0.25) is 0 Å². The van der Waals surface area contributed by atoms with Crippen LogP contribution in [0.5, 0.6) is 0 Å². The van der Waals surface area contributed by atoms with Gasteiger partial charge in [0.1, 0.15) is 0 Å². The molecular weight excluding hydrogens is 224 g/mol. The van der Waals surface area contributed by atoms with Crippen molar-refractivity contribution in [1.82, 2.24) is 20.0 Å². The van der Waals surface area contributed by atoms with Crippen LogP contribution < -0.4 is 5.32 Å². The minimum Gasteiger partial charge on any atom is -0.316 e. The zero-order valence-electron chi connectivity index (χ0n) is 11.8. The maximum atomic E-state index is 4.48. The number of nitrogens with zero attached hydrogens (tertiary/aromatic N) is 3. The summed E-state index contributed by atoms with van der Waals surface area (Å²) in [5, 5.41) is 8.00. The average Bonchev–Trinajstić information content (AvgIpc) is 2.96. The largest absolute Gasteiger partial charge is 0.316 e. The van der Waals surface area contributed by atoms with Crippen molar-refractivity contribution >= 4 is 0 Å². The van der Waals surface area contributed by atoms with Gasteiger partial charge in [-0.15, -0.1) is 0 Å². The van der Waals surface area contributed by atoms with Crippen LogP contribution in [0.3, 0.4) is 0 Å². The average molecular weight is 248 g/mol. The lowest BCUT2D eigenvalue weighted by molar-refractivity contribution is 0.182. The third-order valence-electron chi connectivity index (χ3n) is 4.98. The SMILES string of the molecule is Cc1nn(C)cc1C(C)N1CC2CNCC2C1C. The van der Waals surface area contributed by atoms with Gasteiger partial charge in [-0.1, -0.05) is 0 Å². The molecular formula is C14H24N4. The van der Waals surface area contributed by atoms with Crippen molar-refractivity contribution in [3.8, 4) is 0 Å². The Morgan fingerprint density at radius 2 is 2.22 bits per heavy atom. The fourth-order valence-corrected chi connectivity index (χ4v) is 3.92. The Hall–Kier alpha value is -0.870. The number of hydrogen-bond donors (Lipinski definition) is 1. The van der Waals surface area contributed by atoms with Crippen molar-refractivity contribution in [1.29, 1.82) is 0 Å². The van der Waals surface area contributed by atoms with Gasteiger partial charge in [-0.25, -0.2) is 0 Å². The summed E-state index contributed by atoms with van der Waals surface area (Å²) in [4.78, 5) is 2.67. The predicted octanol–water partition coefficient (Wildman–Crippen LogP) is 1.33. The first-order chi connectivity index (χ1) is 8.58. The van der Waals surface area contributed by atoms with E-state index in [2.05, 4.69) is 42.3 Å². The van der Waals surface area contributed by atoms with Gasteiger partial charge in [0, 0.05) is 37.4 Å². The highest BCUT2D eigenvalue weighted by Crippen LogP contribution is 2.38. The monoisotopic (exact) mass is 248 g/mol. The van der Waals surface area contributed by atoms with Gasteiger partial charge in [-0.3, -0.25) is 9.58 Å². The molecule has 2 aliphatic heterocycles. The van der Waals surface area contributed by atoms with E-state index in [9.17, 15) is 0 Å². The van der Waals surface area contributed by atoms with E-state index in [1.54, 1.807) is 0 Å². The first kappa shape index (κ1) is 12.2. The summed E-state index contributed by atoms with van der Waals surface area (Å²) in [5.41, 5.74) is 2.56. The highest BCUT2D eigenvalue weighted by Gasteiger charge is 2.43. The Morgan fingerprint density at radius 1 is 1.44 bits per heavy atom. The molecule has 4 unspecified atom stereocenters. The van der Waals surface area contributed by atoms with Crippen molar-refractivity contribution in [2.75, 3.05) is 19.6 Å². The molecule has 0 aliphatic carbocycles. The highest BCUT2D eigenvalue weighted by atomic mass is 15.3. The normalized spacial score (nSPS) is 33.9. The molecule has 3 rings (SSSR count). The van der Waals surface area contributed by atoms with Crippen molar-refractivity contribution in [2.45, 2.75) is 32.9 Å². The molecule has 0 bridgehead atoms. The summed E-state index contributed by atoms with van der Waals surface area (Å²) < 4.78 is 1.93. The van der Waals surface area contributed by atoms with Crippen LogP contribution in [0.1, 0.15) is 31.1 Å². The fraction of sp³-hybridized carbons (Fsp3) is 0.786. The number of aromatic nitrogens is 2. The van der Waals surface area contributed by atoms with Gasteiger partial charge < -0.3 is 5.32 Å². The molecule has 0 radical (unpaired) electrons. The van der Waals surface area contributed by atoms with Crippen LogP contribution in [-0.4, -0.2) is 40.4 Å². The van der Waals surface area contributed by atoms with Crippen LogP contribution in [0, 0.1) is 18.8 Å². The van der Waals surface area contributed by atoms with E-state index in [1.807, 2.05) is 11.7 Å². The van der Waals surface area contributed by atoms with Gasteiger partial charge in [-0.2, -0.15) is 5.10 Å². The Labute approximate surface area is 109 Å². The van der Waals surface area contributed by atoms with Crippen LogP contribution in [0.2, 0.25) is 0 Å². The lowest BCUT2D eigenvalue weighted by Crippen LogP contribution is -2.35. The highest BCUT2D eigenvalue weighted by molar-refractivity contribution is 5.20. The zero-order chi connectivity index (χ0) is 12.9. The molecule has 2 fully saturated rings. The quantitative estimate of drug-likeness (QED) is 0.857. The topological polar surface area (TPSA) is 33.1 Å². The van der Waals surface area contributed by atoms with Crippen molar-refractivity contribution in [2.24, 2.45) is 18.9 Å². The maximum Gasteiger partial charge on any atom is 0.0641 e. The van der Waals surface area contributed by atoms with Crippen LogP contribution in [0.4, 0.5) is 0 Å². The molecule has 4 nitrogen and oxygen atoms in total. The van der Waals surface area contributed by atoms with Crippen molar-refractivity contribution in [3.05, 3.63) is 17.5 Å². The molecule has 0 aromatic carbocycles. The smallest absolute Gasteiger partial charge is 0.0641 e. The van der Waals surface area contributed by atoms with Crippen LogP contribution >= 0.6 is 0 Å². The summed E-state index contributed by atoms with van der Waals surface area (Å²) in [6.45, 7) is 10.5. The molecule has 0 spiro atoms. The first-order valence-corrected chi connectivity index (χ1v) is 7.04. The number of rotatable bonds is 2. The summed E-state index contributed by atoms with van der Waals surface area (Å²) >= 11 is 0. The Balaban J connectivity index is 1.81. The number of hydrogen-bond acceptors (Lipinski definition) is 3. The molecule has 0 saturated carbocycles. The van der Waals surface area contributed by atoms with Crippen LogP contribution in [0.25, 0.3) is 0 Å². The minimum absolute atomic E-state index is 0.485. The van der Waals surface area contributed by atoms with Crippen molar-refractivity contribution < 1.29 is 0 Å². The molecule has 4 heteroatoms. The molecule has 100 valence electrons. The van der Waals surface area contributed by atoms with Crippen LogP contribution in [0.15, 0.2) is 6.20 Å². The van der Waals surface area contributed by atoms with E-state index in [0.717, 1.165) is 11.8 Å². The maximum absolute atomic E-state index is 4.48. The lowest BCUT2D eigenvalue weighted by atomic mass is 9.95. The standard InChI is InChI=1S/C14H24N4/c1-9-14(8-17(4)16-9)11(3)18-7-12-5-15-6-13(12)10(18)2/h8,10-13,15H,5-7H2,1-4H3. The molecule has 1 N–H and O–H groups in total. The predicted molar refractivity (Wildman–Crippen MR) is 72.4 cm³/mol. The summed E-state index contributed by atoms with van der Waals surface area (Å²) in [6.07, 6.45) is 2.18. The Kier molecular flexibility index (Phi) is 2.94. The van der Waals surface area contributed by atoms with Gasteiger partial charge in [-0.05, 0) is 45.7 Å². The molecule has 4 atom stereocenters. The summed E-state index contributed by atoms with van der Waals surface area (Å²) in [5.74, 6) is 1.68. The third-order valence-corrected chi connectivity index (χ3v) is 4.98. The van der Waals surface area contributed by atoms with E-state index in [0.29, 0.717) is 12.1 Å². The number of aryl methyl sites for hydroxylation is 2. The first-order valence-electron chi connectivity index (χ1n) is 7.04. The van der Waals surface area contributed by atoms with E-state index in [4.69, 9.17) is 0 Å². The summed E-state index contributed by atoms with van der Waals surface area (Å²) in [6, 6.07) is 1.17. The Morgan fingerprint density at radius 3 is 2.83 bits per heavy atom. The molecule has 1 aromatic heterocycles. The second kappa shape index (κ2) is 4.35. The van der Waals surface area contributed by atoms with E-state index in [-0.39, 0.29) is 0 Å². The van der Waals surface area contributed by atoms with E-state index in [1.165, 1.54) is 30.9 Å². The minimum atomic E-state index is 0.485. The van der Waals surface area contributed by atoms with E-state index < -0.39 is 0 Å². The van der Waals surface area contributed by atoms with Gasteiger partial charge in [0.15, 0.2) is 0 Å². The second-order valence-electron chi connectivity index (χ2n) is 6.04. The number of fused-ring (bicyclic) bond motifs is 1. The van der Waals surface area contributed by atoms with Gasteiger partial charge in [0.25, 0.3) is 0 Å². The fourth-order valence-electron chi connectivity index (χ4n) is 3.92. The van der Waals surface area contributed by atoms with Crippen molar-refractivity contribution in [3.63, 3.8) is 0 Å². The number of nitrogens with one attached hydrogen (secondary N) is 1. The third kappa shape index (κ3) is 1.79. The van der Waals surface area contributed by atoms with Crippen LogP contribution in [-0.2, 0) is 7.05 Å². The van der Waals surface area contributed by atoms with Gasteiger partial charge in [0.05, 0.1) is 5.69 Å². The molecule has 0 amide bonds. The lowest BCUT2D eigenvalue weighted by Gasteiger charge is -2.30. The zero-order valence-corrected chi connectivity index (χ0v) is 11.8.